The van der Waals surface area contributed by atoms with Gasteiger partial charge in [0.05, 0.1) is 12.3 Å². The molecule has 0 amide bonds. The summed E-state index contributed by atoms with van der Waals surface area (Å²) in [7, 11) is 0. The van der Waals surface area contributed by atoms with Gasteiger partial charge in [0.25, 0.3) is 0 Å². The highest BCUT2D eigenvalue weighted by molar-refractivity contribution is 9.10. The van der Waals surface area contributed by atoms with Crippen LogP contribution in [0.15, 0.2) is 35.1 Å². The highest BCUT2D eigenvalue weighted by Crippen LogP contribution is 2.41. The van der Waals surface area contributed by atoms with Crippen molar-refractivity contribution in [3.63, 3.8) is 0 Å². The summed E-state index contributed by atoms with van der Waals surface area (Å²) < 4.78 is 46.0. The van der Waals surface area contributed by atoms with Gasteiger partial charge in [-0.3, -0.25) is 0 Å². The van der Waals surface area contributed by atoms with E-state index in [4.69, 9.17) is 4.74 Å². The van der Waals surface area contributed by atoms with Crippen molar-refractivity contribution in [3.8, 4) is 27.8 Å². The second kappa shape index (κ2) is 6.14. The van der Waals surface area contributed by atoms with Crippen molar-refractivity contribution >= 4 is 27.3 Å². The number of hydrogen-bond acceptors (Lipinski definition) is 4. The Kier molecular flexibility index (Phi) is 4.07. The van der Waals surface area contributed by atoms with E-state index < -0.39 is 12.7 Å². The lowest BCUT2D eigenvalue weighted by atomic mass is 10.1. The molecule has 0 atom stereocenters. The summed E-state index contributed by atoms with van der Waals surface area (Å²) in [6.45, 7) is -0.589. The summed E-state index contributed by atoms with van der Waals surface area (Å²) in [6.07, 6.45) is -0.971. The van der Waals surface area contributed by atoms with E-state index in [1.807, 2.05) is 18.2 Å². The summed E-state index contributed by atoms with van der Waals surface area (Å²) in [5, 5.41) is 0.481. The van der Waals surface area contributed by atoms with E-state index in [1.165, 1.54) is 23.7 Å². The molecule has 0 bridgehead atoms. The number of fused-ring (bicyclic) bond motifs is 3. The zero-order valence-electron chi connectivity index (χ0n) is 12.7. The molecule has 1 aromatic carbocycles. The van der Waals surface area contributed by atoms with Crippen molar-refractivity contribution in [2.75, 3.05) is 6.61 Å². The van der Waals surface area contributed by atoms with Crippen molar-refractivity contribution in [2.45, 2.75) is 19.1 Å². The number of halogens is 4. The smallest absolute Gasteiger partial charge is 0.406 e. The summed E-state index contributed by atoms with van der Waals surface area (Å²) in [5.74, 6) is 0.943. The predicted octanol–water partition coefficient (Wildman–Crippen LogP) is 4.93. The van der Waals surface area contributed by atoms with Crippen LogP contribution in [0.4, 0.5) is 13.2 Å². The molecular weight excluding hydrogens is 419 g/mol. The summed E-state index contributed by atoms with van der Waals surface area (Å²) >= 11 is 4.77. The van der Waals surface area contributed by atoms with E-state index in [-0.39, 0.29) is 5.82 Å². The standard InChI is InChI=1S/C16H11BrF3N3OS/c17-9-1-2-10-11(7-9)24-6-3-12-13(10)22-15(25-12)14-21-4-5-23(14)8-16(18,19)20/h1-2,4-5,7H,3,6,8H2. The van der Waals surface area contributed by atoms with Crippen LogP contribution in [0.3, 0.4) is 0 Å². The number of benzene rings is 1. The van der Waals surface area contributed by atoms with Crippen molar-refractivity contribution < 1.29 is 17.9 Å². The first kappa shape index (κ1) is 16.6. The zero-order valence-corrected chi connectivity index (χ0v) is 15.1. The minimum absolute atomic E-state index is 0.231. The molecule has 0 aliphatic carbocycles. The van der Waals surface area contributed by atoms with Crippen LogP contribution in [-0.4, -0.2) is 27.3 Å². The van der Waals surface area contributed by atoms with Gasteiger partial charge >= 0.3 is 6.18 Å². The lowest BCUT2D eigenvalue weighted by Crippen LogP contribution is -2.17. The lowest BCUT2D eigenvalue weighted by molar-refractivity contribution is -0.140. The van der Waals surface area contributed by atoms with Crippen molar-refractivity contribution in [3.05, 3.63) is 39.9 Å². The van der Waals surface area contributed by atoms with Crippen LogP contribution in [0.2, 0.25) is 0 Å². The van der Waals surface area contributed by atoms with Crippen LogP contribution in [0, 0.1) is 0 Å². The number of ether oxygens (including phenoxy) is 1. The van der Waals surface area contributed by atoms with Crippen LogP contribution in [0.1, 0.15) is 4.88 Å². The topological polar surface area (TPSA) is 39.9 Å². The Morgan fingerprint density at radius 1 is 1.32 bits per heavy atom. The van der Waals surface area contributed by atoms with Crippen molar-refractivity contribution in [2.24, 2.45) is 0 Å². The summed E-state index contributed by atoms with van der Waals surface area (Å²) in [6, 6.07) is 5.66. The van der Waals surface area contributed by atoms with Gasteiger partial charge in [-0.1, -0.05) is 15.9 Å². The molecule has 0 unspecified atom stereocenters. The Bertz CT molecular complexity index is 935. The molecule has 1 aliphatic rings. The number of alkyl halides is 3. The van der Waals surface area contributed by atoms with Gasteiger partial charge in [-0.15, -0.1) is 11.3 Å². The largest absolute Gasteiger partial charge is 0.492 e. The molecule has 0 radical (unpaired) electrons. The maximum Gasteiger partial charge on any atom is 0.406 e. The SMILES string of the molecule is FC(F)(F)Cn1ccnc1-c1nc2c(s1)CCOc1cc(Br)ccc1-2. The van der Waals surface area contributed by atoms with E-state index in [1.54, 1.807) is 0 Å². The molecule has 4 nitrogen and oxygen atoms in total. The number of rotatable bonds is 2. The molecule has 0 saturated heterocycles. The second-order valence-electron chi connectivity index (χ2n) is 5.52. The highest BCUT2D eigenvalue weighted by atomic mass is 79.9. The quantitative estimate of drug-likeness (QED) is 0.579. The van der Waals surface area contributed by atoms with Gasteiger partial charge in [0, 0.05) is 33.7 Å². The number of hydrogen-bond donors (Lipinski definition) is 0. The molecule has 4 rings (SSSR count). The van der Waals surface area contributed by atoms with Gasteiger partial charge in [-0.2, -0.15) is 13.2 Å². The van der Waals surface area contributed by atoms with E-state index in [0.29, 0.717) is 23.8 Å². The molecular formula is C16H11BrF3N3OS. The first-order chi connectivity index (χ1) is 11.9. The second-order valence-corrected chi connectivity index (χ2v) is 7.52. The molecule has 0 N–H and O–H groups in total. The number of imidazole rings is 1. The zero-order chi connectivity index (χ0) is 17.6. The molecule has 25 heavy (non-hydrogen) atoms. The van der Waals surface area contributed by atoms with Crippen LogP contribution in [-0.2, 0) is 13.0 Å². The minimum Gasteiger partial charge on any atom is -0.492 e. The van der Waals surface area contributed by atoms with E-state index in [2.05, 4.69) is 25.9 Å². The molecule has 1 aliphatic heterocycles. The average molecular weight is 430 g/mol. The van der Waals surface area contributed by atoms with Gasteiger partial charge < -0.3 is 9.30 Å². The number of aromatic nitrogens is 3. The third-order valence-corrected chi connectivity index (χ3v) is 5.34. The Labute approximate surface area is 153 Å². The fourth-order valence-electron chi connectivity index (χ4n) is 2.72. The third kappa shape index (κ3) is 3.30. The monoisotopic (exact) mass is 429 g/mol. The van der Waals surface area contributed by atoms with Crippen molar-refractivity contribution in [1.82, 2.24) is 14.5 Å². The Balaban J connectivity index is 1.79. The molecule has 2 aromatic heterocycles. The van der Waals surface area contributed by atoms with Crippen LogP contribution in [0.25, 0.3) is 22.1 Å². The van der Waals surface area contributed by atoms with Gasteiger partial charge in [0.15, 0.2) is 10.8 Å². The summed E-state index contributed by atoms with van der Waals surface area (Å²) in [5.41, 5.74) is 1.59. The first-order valence-corrected chi connectivity index (χ1v) is 9.02. The molecule has 0 spiro atoms. The molecule has 0 fully saturated rings. The minimum atomic E-state index is -4.31. The van der Waals surface area contributed by atoms with Gasteiger partial charge in [-0.05, 0) is 18.2 Å². The number of thiazole rings is 1. The number of nitrogens with zero attached hydrogens (tertiary/aromatic N) is 3. The van der Waals surface area contributed by atoms with E-state index in [0.717, 1.165) is 25.2 Å². The molecule has 9 heteroatoms. The predicted molar refractivity (Wildman–Crippen MR) is 91.7 cm³/mol. The van der Waals surface area contributed by atoms with E-state index >= 15 is 0 Å². The molecule has 130 valence electrons. The average Bonchev–Trinajstić information content (AvgIpc) is 3.09. The molecule has 3 aromatic rings. The van der Waals surface area contributed by atoms with Crippen LogP contribution in [0.5, 0.6) is 5.75 Å². The Morgan fingerprint density at radius 3 is 2.96 bits per heavy atom. The maximum absolute atomic E-state index is 12.7. The Hall–Kier alpha value is -1.87. The van der Waals surface area contributed by atoms with Crippen molar-refractivity contribution in [1.29, 1.82) is 0 Å². The van der Waals surface area contributed by atoms with Gasteiger partial charge in [0.2, 0.25) is 0 Å². The maximum atomic E-state index is 12.7. The third-order valence-electron chi connectivity index (χ3n) is 3.74. The molecule has 3 heterocycles. The summed E-state index contributed by atoms with van der Waals surface area (Å²) in [4.78, 5) is 9.65. The normalized spacial score (nSPS) is 13.8. The van der Waals surface area contributed by atoms with Crippen LogP contribution < -0.4 is 4.74 Å². The fraction of sp³-hybridized carbons (Fsp3) is 0.250. The fourth-order valence-corrected chi connectivity index (χ4v) is 4.13. The first-order valence-electron chi connectivity index (χ1n) is 7.41. The highest BCUT2D eigenvalue weighted by Gasteiger charge is 2.30. The van der Waals surface area contributed by atoms with E-state index in [9.17, 15) is 13.2 Å². The molecule has 0 saturated carbocycles. The van der Waals surface area contributed by atoms with Gasteiger partial charge in [-0.25, -0.2) is 9.97 Å². The lowest BCUT2D eigenvalue weighted by Gasteiger charge is -2.09. The van der Waals surface area contributed by atoms with Crippen LogP contribution >= 0.6 is 27.3 Å². The Morgan fingerprint density at radius 2 is 2.16 bits per heavy atom. The van der Waals surface area contributed by atoms with Gasteiger partial charge in [0.1, 0.15) is 12.3 Å².